The fraction of sp³-hybridized carbons (Fsp3) is 0.320. The lowest BCUT2D eigenvalue weighted by Crippen LogP contribution is -2.04. The highest BCUT2D eigenvalue weighted by molar-refractivity contribution is 7.99. The molecule has 3 aromatic rings. The van der Waals surface area contributed by atoms with Crippen molar-refractivity contribution in [2.24, 2.45) is 0 Å². The van der Waals surface area contributed by atoms with Crippen LogP contribution in [0.5, 0.6) is 0 Å². The molecule has 0 saturated heterocycles. The molecule has 0 amide bonds. The van der Waals surface area contributed by atoms with Gasteiger partial charge in [-0.25, -0.2) is 4.79 Å². The molecule has 0 saturated carbocycles. The summed E-state index contributed by atoms with van der Waals surface area (Å²) < 4.78 is 38.5. The van der Waals surface area contributed by atoms with Gasteiger partial charge >= 0.3 is 12.1 Å². The maximum absolute atomic E-state index is 12.8. The SMILES string of the molecule is Cc1cc(SCCCCCc2ccc(C(=O)O)s2)cc(C)c1-c1ccc(C(F)(F)F)cc1. The van der Waals surface area contributed by atoms with Crippen molar-refractivity contribution in [1.29, 1.82) is 0 Å². The zero-order valence-electron chi connectivity index (χ0n) is 18.0. The topological polar surface area (TPSA) is 37.3 Å². The number of thiophene rings is 1. The predicted molar refractivity (Wildman–Crippen MR) is 126 cm³/mol. The Kier molecular flexibility index (Phi) is 8.06. The molecule has 0 unspecified atom stereocenters. The molecule has 32 heavy (non-hydrogen) atoms. The van der Waals surface area contributed by atoms with Crippen molar-refractivity contribution < 1.29 is 23.1 Å². The molecular formula is C25H25F3O2S2. The van der Waals surface area contributed by atoms with E-state index in [1.807, 2.05) is 19.9 Å². The van der Waals surface area contributed by atoms with Crippen molar-refractivity contribution >= 4 is 29.1 Å². The van der Waals surface area contributed by atoms with Crippen LogP contribution in [0, 0.1) is 13.8 Å². The fourth-order valence-corrected chi connectivity index (χ4v) is 5.68. The number of benzene rings is 2. The molecule has 0 fully saturated rings. The minimum Gasteiger partial charge on any atom is -0.477 e. The van der Waals surface area contributed by atoms with Crippen molar-refractivity contribution in [2.45, 2.75) is 50.6 Å². The largest absolute Gasteiger partial charge is 0.477 e. The molecule has 3 rings (SSSR count). The van der Waals surface area contributed by atoms with Gasteiger partial charge in [0, 0.05) is 9.77 Å². The molecule has 7 heteroatoms. The van der Waals surface area contributed by atoms with Crippen LogP contribution in [0.2, 0.25) is 0 Å². The first kappa shape index (κ1) is 24.4. The van der Waals surface area contributed by atoms with Crippen molar-refractivity contribution in [3.8, 4) is 11.1 Å². The van der Waals surface area contributed by atoms with Crippen LogP contribution in [0.25, 0.3) is 11.1 Å². The number of aromatic carboxylic acids is 1. The van der Waals surface area contributed by atoms with Gasteiger partial charge in [-0.2, -0.15) is 13.2 Å². The molecule has 0 atom stereocenters. The van der Waals surface area contributed by atoms with Crippen molar-refractivity contribution in [2.75, 3.05) is 5.75 Å². The number of halogens is 3. The summed E-state index contributed by atoms with van der Waals surface area (Å²) in [4.78, 5) is 13.6. The number of thioether (sulfide) groups is 1. The summed E-state index contributed by atoms with van der Waals surface area (Å²) in [6.45, 7) is 3.99. The molecule has 0 bridgehead atoms. The van der Waals surface area contributed by atoms with Gasteiger partial charge < -0.3 is 5.11 Å². The molecule has 0 spiro atoms. The van der Waals surface area contributed by atoms with Gasteiger partial charge in [-0.15, -0.1) is 23.1 Å². The average molecular weight is 479 g/mol. The second kappa shape index (κ2) is 10.6. The van der Waals surface area contributed by atoms with Gasteiger partial charge in [0.1, 0.15) is 4.88 Å². The van der Waals surface area contributed by atoms with Crippen LogP contribution in [0.3, 0.4) is 0 Å². The molecule has 0 radical (unpaired) electrons. The second-order valence-electron chi connectivity index (χ2n) is 7.74. The maximum atomic E-state index is 12.8. The minimum absolute atomic E-state index is 0.390. The Morgan fingerprint density at radius 1 is 0.969 bits per heavy atom. The van der Waals surface area contributed by atoms with Crippen LogP contribution in [0.1, 0.15) is 50.5 Å². The number of hydrogen-bond acceptors (Lipinski definition) is 3. The summed E-state index contributed by atoms with van der Waals surface area (Å²) in [5, 5.41) is 8.98. The number of aryl methyl sites for hydroxylation is 3. The number of rotatable bonds is 9. The molecule has 2 aromatic carbocycles. The highest BCUT2D eigenvalue weighted by Gasteiger charge is 2.30. The highest BCUT2D eigenvalue weighted by atomic mass is 32.2. The smallest absolute Gasteiger partial charge is 0.416 e. The van der Waals surface area contributed by atoms with Gasteiger partial charge in [0.15, 0.2) is 0 Å². The quantitative estimate of drug-likeness (QED) is 0.248. The lowest BCUT2D eigenvalue weighted by Gasteiger charge is -2.14. The highest BCUT2D eigenvalue weighted by Crippen LogP contribution is 2.35. The number of carboxylic acids is 1. The van der Waals surface area contributed by atoms with Gasteiger partial charge in [-0.1, -0.05) is 18.6 Å². The van der Waals surface area contributed by atoms with Crippen molar-refractivity contribution in [3.63, 3.8) is 0 Å². The van der Waals surface area contributed by atoms with E-state index < -0.39 is 17.7 Å². The van der Waals surface area contributed by atoms with E-state index >= 15 is 0 Å². The standard InChI is InChI=1S/C25H25F3O2S2/c1-16-14-21(31-13-5-3-4-6-20-11-12-22(32-20)24(29)30)15-17(2)23(16)18-7-9-19(10-8-18)25(26,27)28/h7-12,14-15H,3-6,13H2,1-2H3,(H,29,30). The van der Waals surface area contributed by atoms with Gasteiger partial charge in [0.2, 0.25) is 0 Å². The zero-order chi connectivity index (χ0) is 23.3. The molecule has 1 aromatic heterocycles. The Balaban J connectivity index is 1.51. The Labute approximate surface area is 194 Å². The summed E-state index contributed by atoms with van der Waals surface area (Å²) >= 11 is 3.13. The van der Waals surface area contributed by atoms with E-state index in [0.29, 0.717) is 4.88 Å². The van der Waals surface area contributed by atoms with Crippen LogP contribution in [0.15, 0.2) is 53.4 Å². The lowest BCUT2D eigenvalue weighted by atomic mass is 9.95. The third kappa shape index (κ3) is 6.39. The van der Waals surface area contributed by atoms with E-state index in [4.69, 9.17) is 5.11 Å². The molecule has 1 heterocycles. The average Bonchev–Trinajstić information content (AvgIpc) is 3.19. The molecule has 0 aliphatic carbocycles. The molecule has 2 nitrogen and oxygen atoms in total. The number of hydrogen-bond donors (Lipinski definition) is 1. The fourth-order valence-electron chi connectivity index (χ4n) is 3.68. The van der Waals surface area contributed by atoms with Crippen LogP contribution in [-0.2, 0) is 12.6 Å². The Hall–Kier alpha value is -2.25. The first-order valence-corrected chi connectivity index (χ1v) is 12.2. The summed E-state index contributed by atoms with van der Waals surface area (Å²) in [6, 6.07) is 13.1. The predicted octanol–water partition coefficient (Wildman–Crippen LogP) is 8.25. The molecule has 170 valence electrons. The second-order valence-corrected chi connectivity index (χ2v) is 10.1. The molecule has 0 aliphatic rings. The lowest BCUT2D eigenvalue weighted by molar-refractivity contribution is -0.137. The van der Waals surface area contributed by atoms with Crippen LogP contribution in [-0.4, -0.2) is 16.8 Å². The van der Waals surface area contributed by atoms with E-state index in [1.54, 1.807) is 17.8 Å². The van der Waals surface area contributed by atoms with E-state index in [2.05, 4.69) is 12.1 Å². The van der Waals surface area contributed by atoms with Gasteiger partial charge in [-0.3, -0.25) is 0 Å². The molecule has 0 aliphatic heterocycles. The maximum Gasteiger partial charge on any atom is 0.416 e. The van der Waals surface area contributed by atoms with E-state index in [1.165, 1.54) is 28.4 Å². The monoisotopic (exact) mass is 478 g/mol. The van der Waals surface area contributed by atoms with Gasteiger partial charge in [0.05, 0.1) is 5.56 Å². The van der Waals surface area contributed by atoms with Crippen molar-refractivity contribution in [3.05, 3.63) is 75.0 Å². The van der Waals surface area contributed by atoms with Gasteiger partial charge in [-0.05, 0) is 97.5 Å². The van der Waals surface area contributed by atoms with Crippen molar-refractivity contribution in [1.82, 2.24) is 0 Å². The summed E-state index contributed by atoms with van der Waals surface area (Å²) in [5.41, 5.74) is 3.26. The van der Waals surface area contributed by atoms with E-state index in [0.717, 1.165) is 70.7 Å². The first-order valence-electron chi connectivity index (χ1n) is 10.4. The first-order chi connectivity index (χ1) is 15.1. The van der Waals surface area contributed by atoms with Crippen LogP contribution < -0.4 is 0 Å². The Bertz CT molecular complexity index is 1050. The Morgan fingerprint density at radius 2 is 1.62 bits per heavy atom. The van der Waals surface area contributed by atoms with Gasteiger partial charge in [0.25, 0.3) is 0 Å². The van der Waals surface area contributed by atoms with E-state index in [9.17, 15) is 18.0 Å². The summed E-state index contributed by atoms with van der Waals surface area (Å²) in [6.07, 6.45) is -0.239. The summed E-state index contributed by atoms with van der Waals surface area (Å²) in [7, 11) is 0. The molecule has 1 N–H and O–H groups in total. The number of unbranched alkanes of at least 4 members (excludes halogenated alkanes) is 2. The number of carbonyl (C=O) groups is 1. The van der Waals surface area contributed by atoms with E-state index in [-0.39, 0.29) is 0 Å². The zero-order valence-corrected chi connectivity index (χ0v) is 19.6. The molecular weight excluding hydrogens is 453 g/mol. The van der Waals surface area contributed by atoms with Crippen LogP contribution >= 0.6 is 23.1 Å². The number of carboxylic acid groups (broad SMARTS) is 1. The minimum atomic E-state index is -4.33. The summed E-state index contributed by atoms with van der Waals surface area (Å²) in [5.74, 6) is 0.121. The number of alkyl halides is 3. The van der Waals surface area contributed by atoms with Crippen LogP contribution in [0.4, 0.5) is 13.2 Å². The third-order valence-electron chi connectivity index (χ3n) is 5.22. The normalized spacial score (nSPS) is 11.7. The Morgan fingerprint density at radius 3 is 2.19 bits per heavy atom. The third-order valence-corrected chi connectivity index (χ3v) is 7.41.